The van der Waals surface area contributed by atoms with Gasteiger partial charge >= 0.3 is 0 Å². The summed E-state index contributed by atoms with van der Waals surface area (Å²) in [5.41, 5.74) is 20.1. The average Bonchev–Trinajstić information content (AvgIpc) is 3.53. The van der Waals surface area contributed by atoms with Gasteiger partial charge < -0.3 is 0 Å². The Morgan fingerprint density at radius 3 is 1.02 bits per heavy atom. The molecule has 0 spiro atoms. The molecule has 0 bridgehead atoms. The van der Waals surface area contributed by atoms with Crippen LogP contribution in [0.3, 0.4) is 0 Å². The van der Waals surface area contributed by atoms with E-state index in [0.717, 1.165) is 0 Å². The Morgan fingerprint density at radius 1 is 0.237 bits per heavy atom. The molecule has 0 fully saturated rings. The lowest BCUT2D eigenvalue weighted by Crippen LogP contribution is -2.15. The van der Waals surface area contributed by atoms with E-state index in [1.807, 2.05) is 0 Å². The van der Waals surface area contributed by atoms with E-state index in [4.69, 9.17) is 0 Å². The van der Waals surface area contributed by atoms with Gasteiger partial charge in [-0.05, 0) is 129 Å². The van der Waals surface area contributed by atoms with Gasteiger partial charge in [-0.15, -0.1) is 0 Å². The van der Waals surface area contributed by atoms with Crippen molar-refractivity contribution in [1.29, 1.82) is 0 Å². The SMILES string of the molecule is CC1(C)c2cc(-c3ccccc3)ccc2-c2ccc(-c3ccc4c(-c5ccc(-c6ccccc6)cc5)c5ccccc5c(-c5ccc(-c6ccccc6)cc5)c4c3)cc21. The van der Waals surface area contributed by atoms with Crippen LogP contribution in [0.25, 0.3) is 99.4 Å². The highest BCUT2D eigenvalue weighted by Crippen LogP contribution is 2.51. The molecule has 11 rings (SSSR count). The fraction of sp³-hybridized carbons (Fsp3) is 0.0508. The smallest absolute Gasteiger partial charge is 0.0159 e. The minimum atomic E-state index is -0.136. The summed E-state index contributed by atoms with van der Waals surface area (Å²) in [6.07, 6.45) is 0. The first-order chi connectivity index (χ1) is 29.0. The Kier molecular flexibility index (Phi) is 8.27. The van der Waals surface area contributed by atoms with E-state index in [2.05, 4.69) is 232 Å². The van der Waals surface area contributed by atoms with Crippen molar-refractivity contribution < 1.29 is 0 Å². The predicted octanol–water partition coefficient (Wildman–Crippen LogP) is 16.3. The van der Waals surface area contributed by atoms with Gasteiger partial charge in [0, 0.05) is 5.41 Å². The van der Waals surface area contributed by atoms with Crippen LogP contribution >= 0.6 is 0 Å². The van der Waals surface area contributed by atoms with Crippen LogP contribution in [0, 0.1) is 0 Å². The third-order valence-corrected chi connectivity index (χ3v) is 12.7. The molecule has 0 heteroatoms. The van der Waals surface area contributed by atoms with Gasteiger partial charge in [0.15, 0.2) is 0 Å². The molecule has 0 aromatic heterocycles. The number of rotatable bonds is 6. The van der Waals surface area contributed by atoms with E-state index in [1.165, 1.54) is 111 Å². The maximum atomic E-state index is 2.46. The first-order valence-electron chi connectivity index (χ1n) is 20.7. The van der Waals surface area contributed by atoms with Gasteiger partial charge in [-0.3, -0.25) is 0 Å². The van der Waals surface area contributed by atoms with Crippen molar-refractivity contribution in [2.45, 2.75) is 19.3 Å². The molecule has 0 amide bonds. The van der Waals surface area contributed by atoms with Gasteiger partial charge in [-0.1, -0.05) is 214 Å². The van der Waals surface area contributed by atoms with E-state index in [0.29, 0.717) is 0 Å². The minimum Gasteiger partial charge on any atom is -0.0622 e. The first-order valence-corrected chi connectivity index (χ1v) is 20.7. The molecule has 278 valence electrons. The first kappa shape index (κ1) is 34.9. The van der Waals surface area contributed by atoms with Crippen LogP contribution in [0.5, 0.6) is 0 Å². The molecule has 0 atom stereocenters. The average molecular weight is 751 g/mol. The summed E-state index contributed by atoms with van der Waals surface area (Å²) in [4.78, 5) is 0. The van der Waals surface area contributed by atoms with E-state index in [-0.39, 0.29) is 5.41 Å². The fourth-order valence-electron chi connectivity index (χ4n) is 9.63. The molecule has 0 heterocycles. The summed E-state index contributed by atoms with van der Waals surface area (Å²) in [5, 5.41) is 5.02. The van der Waals surface area contributed by atoms with Crippen molar-refractivity contribution in [1.82, 2.24) is 0 Å². The Hall–Kier alpha value is -7.28. The minimum absolute atomic E-state index is 0.136. The fourth-order valence-corrected chi connectivity index (χ4v) is 9.63. The predicted molar refractivity (Wildman–Crippen MR) is 252 cm³/mol. The molecular formula is C59H42. The highest BCUT2D eigenvalue weighted by molar-refractivity contribution is 6.22. The molecule has 0 saturated heterocycles. The summed E-state index contributed by atoms with van der Waals surface area (Å²) in [6.45, 7) is 4.77. The highest BCUT2D eigenvalue weighted by atomic mass is 14.4. The molecule has 0 nitrogen and oxygen atoms in total. The van der Waals surface area contributed by atoms with Crippen molar-refractivity contribution in [2.75, 3.05) is 0 Å². The third kappa shape index (κ3) is 5.91. The molecule has 1 aliphatic carbocycles. The lowest BCUT2D eigenvalue weighted by atomic mass is 9.80. The molecule has 0 N–H and O–H groups in total. The molecule has 0 radical (unpaired) electrons. The van der Waals surface area contributed by atoms with Crippen LogP contribution in [0.15, 0.2) is 218 Å². The summed E-state index contributed by atoms with van der Waals surface area (Å²) in [7, 11) is 0. The lowest BCUT2D eigenvalue weighted by Gasteiger charge is -2.23. The quantitative estimate of drug-likeness (QED) is 0.149. The summed E-state index contributed by atoms with van der Waals surface area (Å²) in [6, 6.07) is 80.6. The largest absolute Gasteiger partial charge is 0.0622 e. The Bertz CT molecular complexity index is 3170. The number of fused-ring (bicyclic) bond motifs is 5. The van der Waals surface area contributed by atoms with Crippen LogP contribution in [0.2, 0.25) is 0 Å². The Labute approximate surface area is 346 Å². The van der Waals surface area contributed by atoms with E-state index in [1.54, 1.807) is 0 Å². The number of hydrogen-bond donors (Lipinski definition) is 0. The summed E-state index contributed by atoms with van der Waals surface area (Å²) in [5.74, 6) is 0. The zero-order chi connectivity index (χ0) is 39.5. The van der Waals surface area contributed by atoms with Gasteiger partial charge in [-0.2, -0.15) is 0 Å². The maximum absolute atomic E-state index is 2.46. The molecule has 10 aromatic carbocycles. The Balaban J connectivity index is 1.09. The van der Waals surface area contributed by atoms with Crippen molar-refractivity contribution in [3.8, 4) is 77.9 Å². The van der Waals surface area contributed by atoms with Crippen molar-refractivity contribution >= 4 is 21.5 Å². The molecule has 1 aliphatic rings. The van der Waals surface area contributed by atoms with Gasteiger partial charge in [0.1, 0.15) is 0 Å². The second kappa shape index (κ2) is 14.0. The van der Waals surface area contributed by atoms with E-state index < -0.39 is 0 Å². The lowest BCUT2D eigenvalue weighted by molar-refractivity contribution is 0.661. The van der Waals surface area contributed by atoms with Crippen molar-refractivity contribution in [3.63, 3.8) is 0 Å². The number of hydrogen-bond acceptors (Lipinski definition) is 0. The van der Waals surface area contributed by atoms with Crippen LogP contribution in [-0.4, -0.2) is 0 Å². The van der Waals surface area contributed by atoms with Crippen molar-refractivity contribution in [2.24, 2.45) is 0 Å². The van der Waals surface area contributed by atoms with E-state index >= 15 is 0 Å². The van der Waals surface area contributed by atoms with Gasteiger partial charge in [0.05, 0.1) is 0 Å². The Morgan fingerprint density at radius 2 is 0.542 bits per heavy atom. The van der Waals surface area contributed by atoms with Gasteiger partial charge in [-0.25, -0.2) is 0 Å². The molecule has 0 aliphatic heterocycles. The zero-order valence-electron chi connectivity index (χ0n) is 33.3. The van der Waals surface area contributed by atoms with E-state index in [9.17, 15) is 0 Å². The molecular weight excluding hydrogens is 709 g/mol. The van der Waals surface area contributed by atoms with Gasteiger partial charge in [0.25, 0.3) is 0 Å². The monoisotopic (exact) mass is 750 g/mol. The highest BCUT2D eigenvalue weighted by Gasteiger charge is 2.36. The van der Waals surface area contributed by atoms with Gasteiger partial charge in [0.2, 0.25) is 0 Å². The van der Waals surface area contributed by atoms with Crippen molar-refractivity contribution in [3.05, 3.63) is 230 Å². The second-order valence-corrected chi connectivity index (χ2v) is 16.5. The second-order valence-electron chi connectivity index (χ2n) is 16.5. The molecule has 0 saturated carbocycles. The zero-order valence-corrected chi connectivity index (χ0v) is 33.3. The number of benzene rings is 10. The normalized spacial score (nSPS) is 12.7. The topological polar surface area (TPSA) is 0 Å². The van der Waals surface area contributed by atoms with Crippen LogP contribution in [0.4, 0.5) is 0 Å². The van der Waals surface area contributed by atoms with Crippen LogP contribution in [-0.2, 0) is 5.41 Å². The summed E-state index contributed by atoms with van der Waals surface area (Å²) >= 11 is 0. The molecule has 0 unspecified atom stereocenters. The summed E-state index contributed by atoms with van der Waals surface area (Å²) < 4.78 is 0. The third-order valence-electron chi connectivity index (χ3n) is 12.7. The maximum Gasteiger partial charge on any atom is 0.0159 e. The molecule has 10 aromatic rings. The van der Waals surface area contributed by atoms with Crippen LogP contribution in [0.1, 0.15) is 25.0 Å². The van der Waals surface area contributed by atoms with Crippen LogP contribution < -0.4 is 0 Å². The standard InChI is InChI=1S/C59H42/c1-59(2)55-37-47(41-18-10-5-11-19-41)30-33-49(55)50-34-31-48(38-56(50)59)46-32-35-53-54(36-46)58(45-28-24-43(25-29-45)40-16-8-4-9-17-40)52-21-13-12-20-51(52)57(53)44-26-22-42(23-27-44)39-14-6-3-7-15-39/h3-38H,1-2H3. The molecule has 59 heavy (non-hydrogen) atoms.